The van der Waals surface area contributed by atoms with E-state index in [9.17, 15) is 14.4 Å². The third-order valence-electron chi connectivity index (χ3n) is 4.29. The van der Waals surface area contributed by atoms with Crippen molar-refractivity contribution in [2.45, 2.75) is 26.2 Å². The third kappa shape index (κ3) is 4.09. The normalized spacial score (nSPS) is 18.9. The summed E-state index contributed by atoms with van der Waals surface area (Å²) in [6, 6.07) is 7.39. The number of imide groups is 1. The van der Waals surface area contributed by atoms with Crippen LogP contribution in [0.3, 0.4) is 0 Å². The van der Waals surface area contributed by atoms with Crippen LogP contribution in [0.5, 0.6) is 5.75 Å². The average Bonchev–Trinajstić information content (AvgIpc) is 3.26. The van der Waals surface area contributed by atoms with Crippen LogP contribution in [0.25, 0.3) is 6.08 Å². The number of nitrogens with zero attached hydrogens (tertiary/aromatic N) is 2. The van der Waals surface area contributed by atoms with Crippen LogP contribution in [0.4, 0.5) is 4.79 Å². The number of hydrogen-bond acceptors (Lipinski definition) is 5. The lowest BCUT2D eigenvalue weighted by molar-refractivity contribution is -0.135. The summed E-state index contributed by atoms with van der Waals surface area (Å²) in [5, 5.41) is -0.402. The summed E-state index contributed by atoms with van der Waals surface area (Å²) in [5.41, 5.74) is 0.748. The van der Waals surface area contributed by atoms with Gasteiger partial charge in [0, 0.05) is 18.7 Å². The summed E-state index contributed by atoms with van der Waals surface area (Å²) in [4.78, 5) is 40.1. The summed E-state index contributed by atoms with van der Waals surface area (Å²) < 4.78 is 5.69. The number of carbonyl (C=O) groups excluding carboxylic acids is 3. The first-order valence-corrected chi connectivity index (χ1v) is 9.66. The smallest absolute Gasteiger partial charge is 0.294 e. The van der Waals surface area contributed by atoms with Crippen molar-refractivity contribution >= 4 is 34.9 Å². The van der Waals surface area contributed by atoms with Gasteiger partial charge in [-0.25, -0.2) is 0 Å². The molecule has 3 amide bonds. The minimum absolute atomic E-state index is 0.169. The molecule has 0 unspecified atom stereocenters. The second kappa shape index (κ2) is 8.40. The lowest BCUT2D eigenvalue weighted by atomic mass is 10.2. The molecule has 0 spiro atoms. The number of hydrogen-bond donors (Lipinski definition) is 0. The molecule has 0 bridgehead atoms. The largest absolute Gasteiger partial charge is 0.493 e. The molecular formula is C19H22N2O4S. The van der Waals surface area contributed by atoms with Crippen LogP contribution in [0.2, 0.25) is 0 Å². The highest BCUT2D eigenvalue weighted by Crippen LogP contribution is 2.34. The quantitative estimate of drug-likeness (QED) is 0.716. The van der Waals surface area contributed by atoms with E-state index in [0.29, 0.717) is 30.4 Å². The van der Waals surface area contributed by atoms with E-state index in [1.54, 1.807) is 11.0 Å². The molecule has 2 aliphatic heterocycles. The van der Waals surface area contributed by atoms with E-state index in [-0.39, 0.29) is 12.5 Å². The fourth-order valence-corrected chi connectivity index (χ4v) is 3.75. The molecule has 1 aromatic carbocycles. The van der Waals surface area contributed by atoms with E-state index in [2.05, 4.69) is 0 Å². The number of benzene rings is 1. The van der Waals surface area contributed by atoms with Crippen molar-refractivity contribution in [3.63, 3.8) is 0 Å². The summed E-state index contributed by atoms with van der Waals surface area (Å²) in [6.45, 7) is 3.82. The SMILES string of the molecule is CCCOc1ccccc1/C=C1/SC(=O)N(CC(=O)N2CCCC2)C1=O. The van der Waals surface area contributed by atoms with Crippen LogP contribution in [-0.4, -0.2) is 53.1 Å². The Kier molecular flexibility index (Phi) is 5.98. The molecule has 138 valence electrons. The number of ether oxygens (including phenoxy) is 1. The van der Waals surface area contributed by atoms with Gasteiger partial charge in [0.2, 0.25) is 5.91 Å². The Bertz CT molecular complexity index is 741. The maximum atomic E-state index is 12.6. The van der Waals surface area contributed by atoms with E-state index in [1.165, 1.54) is 0 Å². The minimum Gasteiger partial charge on any atom is -0.493 e. The maximum Gasteiger partial charge on any atom is 0.294 e. The maximum absolute atomic E-state index is 12.6. The van der Waals surface area contributed by atoms with Crippen LogP contribution in [0.1, 0.15) is 31.7 Å². The zero-order valence-electron chi connectivity index (χ0n) is 14.8. The standard InChI is InChI=1S/C19H22N2O4S/c1-2-11-25-15-8-4-3-7-14(15)12-16-18(23)21(19(24)26-16)13-17(22)20-9-5-6-10-20/h3-4,7-8,12H,2,5-6,9-11,13H2,1H3/b16-12+. The van der Waals surface area contributed by atoms with E-state index >= 15 is 0 Å². The number of thioether (sulfide) groups is 1. The van der Waals surface area contributed by atoms with Gasteiger partial charge in [0.15, 0.2) is 0 Å². The first-order chi connectivity index (χ1) is 12.6. The molecule has 3 rings (SSSR count). The average molecular weight is 374 g/mol. The van der Waals surface area contributed by atoms with Gasteiger partial charge in [-0.05, 0) is 43.2 Å². The van der Waals surface area contributed by atoms with Gasteiger partial charge in [-0.1, -0.05) is 25.1 Å². The highest BCUT2D eigenvalue weighted by atomic mass is 32.2. The van der Waals surface area contributed by atoms with Gasteiger partial charge in [0.1, 0.15) is 12.3 Å². The Labute approximate surface area is 157 Å². The van der Waals surface area contributed by atoms with Gasteiger partial charge in [0.25, 0.3) is 11.1 Å². The molecular weight excluding hydrogens is 352 g/mol. The second-order valence-electron chi connectivity index (χ2n) is 6.24. The number of amides is 3. The van der Waals surface area contributed by atoms with Crippen molar-refractivity contribution < 1.29 is 19.1 Å². The number of likely N-dealkylation sites (tertiary alicyclic amines) is 1. The van der Waals surface area contributed by atoms with Crippen LogP contribution in [0.15, 0.2) is 29.2 Å². The number of para-hydroxylation sites is 1. The van der Waals surface area contributed by atoms with E-state index in [0.717, 1.165) is 41.5 Å². The molecule has 1 aromatic rings. The van der Waals surface area contributed by atoms with Crippen LogP contribution < -0.4 is 4.74 Å². The third-order valence-corrected chi connectivity index (χ3v) is 5.20. The summed E-state index contributed by atoms with van der Waals surface area (Å²) in [7, 11) is 0. The molecule has 2 heterocycles. The molecule has 0 saturated carbocycles. The molecule has 6 nitrogen and oxygen atoms in total. The predicted molar refractivity (Wildman–Crippen MR) is 101 cm³/mol. The van der Waals surface area contributed by atoms with Gasteiger partial charge in [-0.2, -0.15) is 0 Å². The number of rotatable bonds is 6. The van der Waals surface area contributed by atoms with Crippen molar-refractivity contribution in [3.8, 4) is 5.75 Å². The van der Waals surface area contributed by atoms with E-state index in [1.807, 2.05) is 31.2 Å². The molecule has 2 saturated heterocycles. The first-order valence-electron chi connectivity index (χ1n) is 8.85. The van der Waals surface area contributed by atoms with Gasteiger partial charge in [-0.15, -0.1) is 0 Å². The highest BCUT2D eigenvalue weighted by Gasteiger charge is 2.37. The molecule has 0 aromatic heterocycles. The molecule has 2 fully saturated rings. The van der Waals surface area contributed by atoms with Crippen LogP contribution >= 0.6 is 11.8 Å². The molecule has 2 aliphatic rings. The Balaban J connectivity index is 1.74. The zero-order chi connectivity index (χ0) is 18.5. The monoisotopic (exact) mass is 374 g/mol. The second-order valence-corrected chi connectivity index (χ2v) is 7.24. The fourth-order valence-electron chi connectivity index (χ4n) is 2.92. The fraction of sp³-hybridized carbons (Fsp3) is 0.421. The minimum atomic E-state index is -0.419. The molecule has 7 heteroatoms. The van der Waals surface area contributed by atoms with Crippen LogP contribution in [0, 0.1) is 0 Å². The van der Waals surface area contributed by atoms with E-state index in [4.69, 9.17) is 4.74 Å². The summed E-state index contributed by atoms with van der Waals surface area (Å²) in [5.74, 6) is 0.0878. The summed E-state index contributed by atoms with van der Waals surface area (Å²) in [6.07, 6.45) is 4.49. The van der Waals surface area contributed by atoms with Crippen LogP contribution in [-0.2, 0) is 9.59 Å². The van der Waals surface area contributed by atoms with Gasteiger partial charge in [0.05, 0.1) is 11.5 Å². The Hall–Kier alpha value is -2.28. The van der Waals surface area contributed by atoms with Crippen molar-refractivity contribution in [2.75, 3.05) is 26.2 Å². The predicted octanol–water partition coefficient (Wildman–Crippen LogP) is 3.13. The van der Waals surface area contributed by atoms with Gasteiger partial charge < -0.3 is 9.64 Å². The van der Waals surface area contributed by atoms with Gasteiger partial charge >= 0.3 is 0 Å². The Morgan fingerprint density at radius 1 is 1.23 bits per heavy atom. The Morgan fingerprint density at radius 2 is 1.96 bits per heavy atom. The molecule has 0 atom stereocenters. The van der Waals surface area contributed by atoms with Crippen molar-refractivity contribution in [2.24, 2.45) is 0 Å². The zero-order valence-corrected chi connectivity index (χ0v) is 15.6. The topological polar surface area (TPSA) is 66.9 Å². The van der Waals surface area contributed by atoms with Crippen molar-refractivity contribution in [1.82, 2.24) is 9.80 Å². The molecule has 0 radical (unpaired) electrons. The molecule has 26 heavy (non-hydrogen) atoms. The van der Waals surface area contributed by atoms with Crippen molar-refractivity contribution in [1.29, 1.82) is 0 Å². The number of carbonyl (C=O) groups is 3. The molecule has 0 aliphatic carbocycles. The molecule has 0 N–H and O–H groups in total. The summed E-state index contributed by atoms with van der Waals surface area (Å²) >= 11 is 0.866. The first kappa shape index (κ1) is 18.5. The van der Waals surface area contributed by atoms with Gasteiger partial charge in [-0.3, -0.25) is 19.3 Å². The van der Waals surface area contributed by atoms with Crippen molar-refractivity contribution in [3.05, 3.63) is 34.7 Å². The lowest BCUT2D eigenvalue weighted by Gasteiger charge is -2.18. The highest BCUT2D eigenvalue weighted by molar-refractivity contribution is 8.18. The lowest BCUT2D eigenvalue weighted by Crippen LogP contribution is -2.40. The Morgan fingerprint density at radius 3 is 2.69 bits per heavy atom. The van der Waals surface area contributed by atoms with E-state index < -0.39 is 11.1 Å².